The average Bonchev–Trinajstić information content (AvgIpc) is 3.36. The Morgan fingerprint density at radius 1 is 1.09 bits per heavy atom. The maximum absolute atomic E-state index is 13.1. The Balaban J connectivity index is 1.30. The predicted molar refractivity (Wildman–Crippen MR) is 133 cm³/mol. The molecule has 2 aromatic heterocycles. The van der Waals surface area contributed by atoms with Crippen LogP contribution in [0.3, 0.4) is 0 Å². The van der Waals surface area contributed by atoms with Gasteiger partial charge >= 0.3 is 0 Å². The number of carbonyl (C=O) groups is 1. The molecule has 1 aliphatic heterocycles. The molecule has 1 amide bonds. The van der Waals surface area contributed by atoms with Crippen LogP contribution in [0.2, 0.25) is 0 Å². The third kappa shape index (κ3) is 4.89. The number of hydrogen-bond donors (Lipinski definition) is 1. The molecule has 9 nitrogen and oxygen atoms in total. The summed E-state index contributed by atoms with van der Waals surface area (Å²) < 4.78 is 12.5. The molecule has 1 N–H and O–H groups in total. The van der Waals surface area contributed by atoms with Crippen LogP contribution in [0.5, 0.6) is 11.5 Å². The maximum atomic E-state index is 13.1. The highest BCUT2D eigenvalue weighted by molar-refractivity contribution is 5.87. The number of piperidine rings is 1. The van der Waals surface area contributed by atoms with E-state index < -0.39 is 0 Å². The number of aromatic nitrogens is 4. The second-order valence-corrected chi connectivity index (χ2v) is 8.57. The quantitative estimate of drug-likeness (QED) is 0.441. The van der Waals surface area contributed by atoms with Gasteiger partial charge in [0, 0.05) is 31.9 Å². The lowest BCUT2D eigenvalue weighted by atomic mass is 9.97. The standard InChI is InChI=1S/C26H28N6O3/c1-34-21-11-18(12-22(13-21)35-2)14-27-26(33)19-7-6-10-31(15-19)25-23-16-32(20-8-4-3-5-9-20)30-24(23)28-17-29-25/h3-5,8-9,11-13,16-17,19H,6-7,10,14-15H2,1-2H3,(H,27,33)/t19-/m1/s1. The fourth-order valence-electron chi connectivity index (χ4n) is 4.48. The summed E-state index contributed by atoms with van der Waals surface area (Å²) >= 11 is 0. The summed E-state index contributed by atoms with van der Waals surface area (Å²) in [7, 11) is 3.23. The number of methoxy groups -OCH3 is 2. The van der Waals surface area contributed by atoms with Crippen molar-refractivity contribution in [1.29, 1.82) is 0 Å². The molecule has 0 bridgehead atoms. The minimum absolute atomic E-state index is 0.0294. The van der Waals surface area contributed by atoms with Gasteiger partial charge in [-0.3, -0.25) is 4.79 Å². The van der Waals surface area contributed by atoms with Crippen LogP contribution in [0.1, 0.15) is 18.4 Å². The molecule has 1 aliphatic rings. The molecule has 0 radical (unpaired) electrons. The second-order valence-electron chi connectivity index (χ2n) is 8.57. The Hall–Kier alpha value is -4.14. The number of para-hydroxylation sites is 1. The van der Waals surface area contributed by atoms with E-state index in [1.165, 1.54) is 0 Å². The fraction of sp³-hybridized carbons (Fsp3) is 0.308. The first-order valence-electron chi connectivity index (χ1n) is 11.6. The molecule has 2 aromatic carbocycles. The van der Waals surface area contributed by atoms with Gasteiger partial charge in [-0.15, -0.1) is 5.10 Å². The zero-order valence-electron chi connectivity index (χ0n) is 19.8. The summed E-state index contributed by atoms with van der Waals surface area (Å²) in [6, 6.07) is 15.5. The number of amides is 1. The van der Waals surface area contributed by atoms with Crippen molar-refractivity contribution < 1.29 is 14.3 Å². The first kappa shape index (κ1) is 22.6. The summed E-state index contributed by atoms with van der Waals surface area (Å²) in [5.41, 5.74) is 2.52. The van der Waals surface area contributed by atoms with E-state index in [0.717, 1.165) is 41.8 Å². The van der Waals surface area contributed by atoms with Crippen molar-refractivity contribution in [1.82, 2.24) is 25.1 Å². The van der Waals surface area contributed by atoms with Gasteiger partial charge in [0.25, 0.3) is 0 Å². The van der Waals surface area contributed by atoms with E-state index in [9.17, 15) is 4.79 Å². The van der Waals surface area contributed by atoms with E-state index in [1.54, 1.807) is 20.5 Å². The predicted octanol–water partition coefficient (Wildman–Crippen LogP) is 3.37. The van der Waals surface area contributed by atoms with Gasteiger partial charge < -0.3 is 19.7 Å². The Morgan fingerprint density at radius 2 is 1.86 bits per heavy atom. The average molecular weight is 473 g/mol. The van der Waals surface area contributed by atoms with Gasteiger partial charge in [-0.2, -0.15) is 0 Å². The zero-order chi connectivity index (χ0) is 24.2. The van der Waals surface area contributed by atoms with Crippen LogP contribution in [-0.4, -0.2) is 53.0 Å². The summed E-state index contributed by atoms with van der Waals surface area (Å²) in [6.45, 7) is 1.83. The Labute approximate surface area is 203 Å². The second kappa shape index (κ2) is 10.0. The van der Waals surface area contributed by atoms with E-state index in [4.69, 9.17) is 9.47 Å². The number of anilines is 1. The summed E-state index contributed by atoms with van der Waals surface area (Å²) in [6.07, 6.45) is 5.24. The molecule has 4 aromatic rings. The molecule has 35 heavy (non-hydrogen) atoms. The van der Waals surface area contributed by atoms with Crippen LogP contribution in [0.15, 0.2) is 61.1 Å². The van der Waals surface area contributed by atoms with Crippen molar-refractivity contribution >= 4 is 22.8 Å². The third-order valence-electron chi connectivity index (χ3n) is 6.29. The van der Waals surface area contributed by atoms with Gasteiger partial charge in [0.15, 0.2) is 5.65 Å². The van der Waals surface area contributed by atoms with E-state index in [-0.39, 0.29) is 11.8 Å². The molecule has 1 fully saturated rings. The maximum Gasteiger partial charge on any atom is 0.225 e. The van der Waals surface area contributed by atoms with Gasteiger partial charge in [0.05, 0.1) is 31.2 Å². The molecular formula is C26H28N6O3. The lowest BCUT2D eigenvalue weighted by Crippen LogP contribution is -2.43. The van der Waals surface area contributed by atoms with E-state index in [1.807, 2.05) is 59.4 Å². The molecule has 9 heteroatoms. The van der Waals surface area contributed by atoms with Crippen LogP contribution in [0.25, 0.3) is 16.7 Å². The Bertz CT molecular complexity index is 1300. The van der Waals surface area contributed by atoms with Crippen molar-refractivity contribution in [2.24, 2.45) is 5.92 Å². The highest BCUT2D eigenvalue weighted by Crippen LogP contribution is 2.28. The van der Waals surface area contributed by atoms with Crippen molar-refractivity contribution in [3.05, 3.63) is 66.6 Å². The van der Waals surface area contributed by atoms with E-state index in [0.29, 0.717) is 30.2 Å². The number of nitrogens with zero attached hydrogens (tertiary/aromatic N) is 5. The topological polar surface area (TPSA) is 94.4 Å². The van der Waals surface area contributed by atoms with Crippen LogP contribution >= 0.6 is 0 Å². The van der Waals surface area contributed by atoms with Crippen molar-refractivity contribution in [3.8, 4) is 17.2 Å². The lowest BCUT2D eigenvalue weighted by molar-refractivity contribution is -0.125. The van der Waals surface area contributed by atoms with Crippen LogP contribution in [0, 0.1) is 5.92 Å². The van der Waals surface area contributed by atoms with Crippen LogP contribution < -0.4 is 19.7 Å². The number of fused-ring (bicyclic) bond motifs is 1. The van der Waals surface area contributed by atoms with E-state index >= 15 is 0 Å². The number of carbonyl (C=O) groups excluding carboxylic acids is 1. The first-order valence-corrected chi connectivity index (χ1v) is 11.6. The van der Waals surface area contributed by atoms with Gasteiger partial charge in [-0.1, -0.05) is 18.2 Å². The monoisotopic (exact) mass is 472 g/mol. The number of ether oxygens (including phenoxy) is 2. The summed E-state index contributed by atoms with van der Waals surface area (Å²) in [5.74, 6) is 2.10. The molecule has 0 spiro atoms. The molecule has 5 rings (SSSR count). The summed E-state index contributed by atoms with van der Waals surface area (Å²) in [5, 5.41) is 8.58. The molecule has 0 saturated carbocycles. The Kier molecular flexibility index (Phi) is 6.47. The van der Waals surface area contributed by atoms with Crippen molar-refractivity contribution in [3.63, 3.8) is 0 Å². The molecule has 180 valence electrons. The molecule has 1 atom stereocenters. The number of benzene rings is 2. The van der Waals surface area contributed by atoms with Gasteiger partial charge in [-0.05, 0) is 42.7 Å². The zero-order valence-corrected chi connectivity index (χ0v) is 19.8. The van der Waals surface area contributed by atoms with Gasteiger partial charge in [-0.25, -0.2) is 14.6 Å². The number of hydrogen-bond acceptors (Lipinski definition) is 7. The smallest absolute Gasteiger partial charge is 0.225 e. The van der Waals surface area contributed by atoms with Crippen molar-refractivity contribution in [2.75, 3.05) is 32.2 Å². The molecule has 1 saturated heterocycles. The van der Waals surface area contributed by atoms with Crippen molar-refractivity contribution in [2.45, 2.75) is 19.4 Å². The normalized spacial score (nSPS) is 15.7. The van der Waals surface area contributed by atoms with E-state index in [2.05, 4.69) is 25.3 Å². The van der Waals surface area contributed by atoms with Gasteiger partial charge in [0.2, 0.25) is 5.91 Å². The molecule has 0 aliphatic carbocycles. The summed E-state index contributed by atoms with van der Waals surface area (Å²) in [4.78, 5) is 24.2. The molecule has 3 heterocycles. The van der Waals surface area contributed by atoms with Crippen LogP contribution in [-0.2, 0) is 11.3 Å². The first-order chi connectivity index (χ1) is 17.1. The number of nitrogens with one attached hydrogen (secondary N) is 1. The van der Waals surface area contributed by atoms with Crippen LogP contribution in [0.4, 0.5) is 5.82 Å². The minimum atomic E-state index is -0.134. The largest absolute Gasteiger partial charge is 0.497 e. The highest BCUT2D eigenvalue weighted by Gasteiger charge is 2.28. The molecular weight excluding hydrogens is 444 g/mol. The molecule has 0 unspecified atom stereocenters. The fourth-order valence-corrected chi connectivity index (χ4v) is 4.48. The Morgan fingerprint density at radius 3 is 2.60 bits per heavy atom. The highest BCUT2D eigenvalue weighted by atomic mass is 16.5. The van der Waals surface area contributed by atoms with Gasteiger partial charge in [0.1, 0.15) is 23.6 Å². The lowest BCUT2D eigenvalue weighted by Gasteiger charge is -2.33. The minimum Gasteiger partial charge on any atom is -0.497 e. The number of rotatable bonds is 7. The third-order valence-corrected chi connectivity index (χ3v) is 6.29. The SMILES string of the molecule is COc1cc(CNC(=O)[C@@H]2CCCN(c3ncnc4nn(-c5ccccc5)cc34)C2)cc(OC)c1.